The summed E-state index contributed by atoms with van der Waals surface area (Å²) < 4.78 is 5.19. The van der Waals surface area contributed by atoms with Gasteiger partial charge >= 0.3 is 5.97 Å². The second-order valence-electron chi connectivity index (χ2n) is 5.97. The van der Waals surface area contributed by atoms with E-state index in [9.17, 15) is 9.59 Å². The Balaban J connectivity index is 1.73. The lowest BCUT2D eigenvalue weighted by Gasteiger charge is -2.12. The van der Waals surface area contributed by atoms with Gasteiger partial charge in [-0.15, -0.1) is 11.3 Å². The molecule has 0 bridgehead atoms. The van der Waals surface area contributed by atoms with Gasteiger partial charge in [-0.3, -0.25) is 4.79 Å². The number of rotatable bonds is 6. The van der Waals surface area contributed by atoms with Gasteiger partial charge in [0.1, 0.15) is 16.6 Å². The quantitative estimate of drug-likeness (QED) is 0.378. The van der Waals surface area contributed by atoms with E-state index in [4.69, 9.17) is 16.2 Å². The van der Waals surface area contributed by atoms with Crippen LogP contribution in [0.2, 0.25) is 0 Å². The fourth-order valence-electron chi connectivity index (χ4n) is 2.89. The molecule has 144 valence electrons. The number of esters is 1. The Morgan fingerprint density at radius 2 is 1.96 bits per heavy atom. The lowest BCUT2D eigenvalue weighted by Crippen LogP contribution is -2.17. The predicted octanol–water partition coefficient (Wildman–Crippen LogP) is 2.49. The number of nitrogens with one attached hydrogen (secondary N) is 1. The van der Waals surface area contributed by atoms with Crippen LogP contribution in [0.3, 0.4) is 0 Å². The summed E-state index contributed by atoms with van der Waals surface area (Å²) in [5.74, 6) is -0.0595. The number of amides is 1. The van der Waals surface area contributed by atoms with E-state index >= 15 is 0 Å². The third-order valence-electron chi connectivity index (χ3n) is 3.98. The molecule has 0 radical (unpaired) electrons. The van der Waals surface area contributed by atoms with E-state index in [0.29, 0.717) is 22.3 Å². The van der Waals surface area contributed by atoms with E-state index in [1.54, 1.807) is 6.92 Å². The van der Waals surface area contributed by atoms with Crippen molar-refractivity contribution in [1.82, 2.24) is 9.97 Å². The number of hydrogen-bond donors (Lipinski definition) is 3. The topological polar surface area (TPSA) is 133 Å². The number of nitrogens with two attached hydrogens (primary N) is 2. The van der Waals surface area contributed by atoms with E-state index in [1.807, 2.05) is 0 Å². The summed E-state index contributed by atoms with van der Waals surface area (Å²) in [7, 11) is 0. The number of fused-ring (bicyclic) bond motifs is 1. The summed E-state index contributed by atoms with van der Waals surface area (Å²) in [4.78, 5) is 34.0. The maximum absolute atomic E-state index is 12.4. The van der Waals surface area contributed by atoms with Gasteiger partial charge in [-0.1, -0.05) is 11.8 Å². The lowest BCUT2D eigenvalue weighted by atomic mass is 9.95. The summed E-state index contributed by atoms with van der Waals surface area (Å²) in [6.07, 6.45) is 3.88. The number of nitrogen functional groups attached to an aromatic ring is 2. The van der Waals surface area contributed by atoms with E-state index < -0.39 is 0 Å². The van der Waals surface area contributed by atoms with Crippen LogP contribution < -0.4 is 16.8 Å². The van der Waals surface area contributed by atoms with Crippen LogP contribution in [0.5, 0.6) is 0 Å². The molecule has 1 aliphatic carbocycles. The Bertz CT molecular complexity index is 848. The van der Waals surface area contributed by atoms with E-state index in [-0.39, 0.29) is 29.3 Å². The van der Waals surface area contributed by atoms with Gasteiger partial charge in [0.05, 0.1) is 17.9 Å². The number of aromatic nitrogens is 2. The molecule has 1 aliphatic rings. The molecule has 27 heavy (non-hydrogen) atoms. The summed E-state index contributed by atoms with van der Waals surface area (Å²) in [5, 5.41) is 3.73. The Kier molecular flexibility index (Phi) is 6.17. The van der Waals surface area contributed by atoms with E-state index in [1.165, 1.54) is 17.4 Å². The lowest BCUT2D eigenvalue weighted by molar-refractivity contribution is -0.113. The van der Waals surface area contributed by atoms with Gasteiger partial charge in [0, 0.05) is 10.9 Å². The fraction of sp³-hybridized carbons (Fsp3) is 0.412. The monoisotopic (exact) mass is 407 g/mol. The van der Waals surface area contributed by atoms with Crippen LogP contribution in [-0.4, -0.2) is 34.2 Å². The van der Waals surface area contributed by atoms with Crippen LogP contribution in [0, 0.1) is 0 Å². The molecule has 0 saturated carbocycles. The first-order valence-corrected chi connectivity index (χ1v) is 10.4. The number of thiophene rings is 1. The smallest absolute Gasteiger partial charge is 0.341 e. The molecule has 2 aromatic heterocycles. The van der Waals surface area contributed by atoms with Gasteiger partial charge in [-0.25, -0.2) is 14.8 Å². The summed E-state index contributed by atoms with van der Waals surface area (Å²) in [6.45, 7) is 2.06. The molecule has 0 spiro atoms. The zero-order valence-electron chi connectivity index (χ0n) is 14.9. The second-order valence-corrected chi connectivity index (χ2v) is 8.02. The van der Waals surface area contributed by atoms with Gasteiger partial charge in [-0.2, -0.15) is 0 Å². The van der Waals surface area contributed by atoms with Crippen molar-refractivity contribution in [1.29, 1.82) is 0 Å². The highest BCUT2D eigenvalue weighted by atomic mass is 32.2. The minimum Gasteiger partial charge on any atom is -0.462 e. The zero-order chi connectivity index (χ0) is 19.4. The number of carbonyl (C=O) groups excluding carboxylic acids is 2. The number of carbonyl (C=O) groups is 2. The summed E-state index contributed by atoms with van der Waals surface area (Å²) in [5.41, 5.74) is 12.8. The molecule has 5 N–H and O–H groups in total. The minimum atomic E-state index is -0.383. The van der Waals surface area contributed by atoms with Gasteiger partial charge in [0.25, 0.3) is 0 Å². The highest BCUT2D eigenvalue weighted by Gasteiger charge is 2.27. The van der Waals surface area contributed by atoms with Crippen molar-refractivity contribution in [2.45, 2.75) is 37.8 Å². The molecule has 0 aromatic carbocycles. The molecule has 0 aliphatic heterocycles. The summed E-state index contributed by atoms with van der Waals surface area (Å²) >= 11 is 2.59. The first kappa shape index (κ1) is 19.4. The van der Waals surface area contributed by atoms with Crippen molar-refractivity contribution in [3.63, 3.8) is 0 Å². The molecule has 0 saturated heterocycles. The fourth-order valence-corrected chi connectivity index (χ4v) is 4.86. The van der Waals surface area contributed by atoms with Gasteiger partial charge in [0.2, 0.25) is 5.91 Å². The third kappa shape index (κ3) is 4.69. The largest absolute Gasteiger partial charge is 0.462 e. The number of nitrogens with zero attached hydrogens (tertiary/aromatic N) is 2. The maximum Gasteiger partial charge on any atom is 0.341 e. The molecular formula is C17H21N5O3S2. The van der Waals surface area contributed by atoms with E-state index in [0.717, 1.165) is 47.9 Å². The van der Waals surface area contributed by atoms with Crippen molar-refractivity contribution in [3.8, 4) is 0 Å². The van der Waals surface area contributed by atoms with E-state index in [2.05, 4.69) is 15.3 Å². The standard InChI is InChI=1S/C17H21N5O3S2/c1-2-25-16(24)14-9-5-3-4-6-10(9)27-15(14)22-13(23)8-26-17-20-11(18)7-12(19)21-17/h7H,2-6,8H2,1H3,(H,22,23)(H4,18,19,20,21). The molecule has 3 rings (SSSR count). The van der Waals surface area contributed by atoms with Crippen LogP contribution in [0.4, 0.5) is 16.6 Å². The van der Waals surface area contributed by atoms with Crippen molar-refractivity contribution in [2.24, 2.45) is 0 Å². The molecule has 0 fully saturated rings. The normalized spacial score (nSPS) is 13.1. The summed E-state index contributed by atoms with van der Waals surface area (Å²) in [6, 6.07) is 1.45. The van der Waals surface area contributed by atoms with Crippen molar-refractivity contribution >= 4 is 51.6 Å². The average molecular weight is 408 g/mol. The molecule has 2 heterocycles. The molecule has 10 heteroatoms. The van der Waals surface area contributed by atoms with Crippen LogP contribution in [0.1, 0.15) is 40.6 Å². The minimum absolute atomic E-state index is 0.0771. The number of anilines is 3. The van der Waals surface area contributed by atoms with Gasteiger partial charge < -0.3 is 21.5 Å². The molecule has 0 atom stereocenters. The number of thioether (sulfide) groups is 1. The predicted molar refractivity (Wildman–Crippen MR) is 107 cm³/mol. The molecule has 2 aromatic rings. The highest BCUT2D eigenvalue weighted by molar-refractivity contribution is 7.99. The SMILES string of the molecule is CCOC(=O)c1c(NC(=O)CSc2nc(N)cc(N)n2)sc2c1CCCC2. The highest BCUT2D eigenvalue weighted by Crippen LogP contribution is 2.38. The van der Waals surface area contributed by atoms with Crippen LogP contribution >= 0.6 is 23.1 Å². The second kappa shape index (κ2) is 8.57. The zero-order valence-corrected chi connectivity index (χ0v) is 16.5. The Hall–Kier alpha value is -2.33. The number of hydrogen-bond acceptors (Lipinski definition) is 9. The Morgan fingerprint density at radius 1 is 1.26 bits per heavy atom. The average Bonchev–Trinajstić information content (AvgIpc) is 2.97. The molecule has 0 unspecified atom stereocenters. The maximum atomic E-state index is 12.4. The van der Waals surface area contributed by atoms with Crippen molar-refractivity contribution < 1.29 is 14.3 Å². The third-order valence-corrected chi connectivity index (χ3v) is 6.04. The Morgan fingerprint density at radius 3 is 2.67 bits per heavy atom. The molecular weight excluding hydrogens is 386 g/mol. The molecule has 1 amide bonds. The van der Waals surface area contributed by atoms with Gasteiger partial charge in [-0.05, 0) is 38.2 Å². The van der Waals surface area contributed by atoms with Crippen molar-refractivity contribution in [2.75, 3.05) is 29.1 Å². The van der Waals surface area contributed by atoms with Gasteiger partial charge in [0.15, 0.2) is 5.16 Å². The van der Waals surface area contributed by atoms with Crippen LogP contribution in [0.25, 0.3) is 0 Å². The number of ether oxygens (including phenoxy) is 1. The molecule has 8 nitrogen and oxygen atoms in total. The first-order valence-electron chi connectivity index (χ1n) is 8.62. The first-order chi connectivity index (χ1) is 13.0. The van der Waals surface area contributed by atoms with Crippen LogP contribution in [0.15, 0.2) is 11.2 Å². The van der Waals surface area contributed by atoms with Crippen LogP contribution in [-0.2, 0) is 22.4 Å². The van der Waals surface area contributed by atoms with Crippen molar-refractivity contribution in [3.05, 3.63) is 22.1 Å². The Labute approximate surface area is 165 Å². The number of aryl methyl sites for hydroxylation is 1.